The summed E-state index contributed by atoms with van der Waals surface area (Å²) in [6, 6.07) is 14.4. The van der Waals surface area contributed by atoms with E-state index in [2.05, 4.69) is 31.4 Å². The quantitative estimate of drug-likeness (QED) is 0.348. The van der Waals surface area contributed by atoms with Crippen LogP contribution in [0.2, 0.25) is 5.02 Å². The topological polar surface area (TPSA) is 72.8 Å². The Bertz CT molecular complexity index is 1030. The highest BCUT2D eigenvalue weighted by Crippen LogP contribution is 2.37. The van der Waals surface area contributed by atoms with Crippen molar-refractivity contribution in [2.45, 2.75) is 13.5 Å². The zero-order valence-electron chi connectivity index (χ0n) is 16.1. The molecule has 8 heteroatoms. The van der Waals surface area contributed by atoms with Gasteiger partial charge in [-0.1, -0.05) is 23.7 Å². The number of hydrogen-bond donors (Lipinski definition) is 1. The number of aromatic nitrogens is 1. The minimum Gasteiger partial charge on any atom is -0.490 e. The number of amides is 1. The number of carbonyl (C=O) groups excluding carboxylic acids is 1. The molecule has 2 aromatic carbocycles. The van der Waals surface area contributed by atoms with E-state index in [0.717, 1.165) is 11.1 Å². The summed E-state index contributed by atoms with van der Waals surface area (Å²) in [7, 11) is 0. The molecule has 1 N–H and O–H groups in total. The molecule has 0 spiro atoms. The van der Waals surface area contributed by atoms with Crippen LogP contribution in [0.15, 0.2) is 70.5 Å². The summed E-state index contributed by atoms with van der Waals surface area (Å²) >= 11 is 9.45. The Kier molecular flexibility index (Phi) is 7.82. The number of benzene rings is 2. The fraction of sp³-hybridized carbons (Fsp3) is 0.136. The van der Waals surface area contributed by atoms with Crippen molar-refractivity contribution >= 4 is 39.7 Å². The second-order valence-corrected chi connectivity index (χ2v) is 7.41. The number of rotatable bonds is 8. The lowest BCUT2D eigenvalue weighted by Crippen LogP contribution is -2.17. The third kappa shape index (κ3) is 6.05. The zero-order valence-corrected chi connectivity index (χ0v) is 18.5. The first kappa shape index (κ1) is 21.8. The molecule has 0 radical (unpaired) electrons. The van der Waals surface area contributed by atoms with Crippen LogP contribution < -0.4 is 14.9 Å². The Morgan fingerprint density at radius 3 is 2.73 bits per heavy atom. The maximum atomic E-state index is 12.0. The SMILES string of the molecule is CCOc1cc(/C=N/NC(=O)c2cccnc2)cc(Br)c1OCc1ccc(Cl)cc1. The molecule has 0 aliphatic heterocycles. The van der Waals surface area contributed by atoms with Gasteiger partial charge >= 0.3 is 0 Å². The van der Waals surface area contributed by atoms with Gasteiger partial charge in [-0.2, -0.15) is 5.10 Å². The number of halogens is 2. The molecular weight excluding hydrogens is 470 g/mol. The van der Waals surface area contributed by atoms with Crippen LogP contribution in [0, 0.1) is 0 Å². The Hall–Kier alpha value is -2.90. The summed E-state index contributed by atoms with van der Waals surface area (Å²) in [6.45, 7) is 2.73. The zero-order chi connectivity index (χ0) is 21.3. The Morgan fingerprint density at radius 2 is 2.03 bits per heavy atom. The average Bonchev–Trinajstić information content (AvgIpc) is 2.75. The Morgan fingerprint density at radius 1 is 1.23 bits per heavy atom. The molecule has 0 aliphatic rings. The first-order chi connectivity index (χ1) is 14.6. The van der Waals surface area contributed by atoms with E-state index >= 15 is 0 Å². The molecule has 3 rings (SSSR count). The lowest BCUT2D eigenvalue weighted by molar-refractivity contribution is 0.0955. The third-order valence-electron chi connectivity index (χ3n) is 3.93. The van der Waals surface area contributed by atoms with Crippen molar-refractivity contribution in [3.05, 3.63) is 87.1 Å². The summed E-state index contributed by atoms with van der Waals surface area (Å²) < 4.78 is 12.4. The number of nitrogens with one attached hydrogen (secondary N) is 1. The van der Waals surface area contributed by atoms with E-state index in [1.807, 2.05) is 37.3 Å². The van der Waals surface area contributed by atoms with Gasteiger partial charge in [0.15, 0.2) is 11.5 Å². The molecule has 6 nitrogen and oxygen atoms in total. The average molecular weight is 489 g/mol. The lowest BCUT2D eigenvalue weighted by Gasteiger charge is -2.14. The summed E-state index contributed by atoms with van der Waals surface area (Å²) in [5.74, 6) is 0.815. The smallest absolute Gasteiger partial charge is 0.272 e. The van der Waals surface area contributed by atoms with E-state index in [0.29, 0.717) is 39.8 Å². The van der Waals surface area contributed by atoms with E-state index < -0.39 is 0 Å². The number of nitrogens with zero attached hydrogens (tertiary/aromatic N) is 2. The molecule has 0 atom stereocenters. The minimum atomic E-state index is -0.341. The predicted octanol–water partition coefficient (Wildman–Crippen LogP) is 5.24. The van der Waals surface area contributed by atoms with Crippen molar-refractivity contribution < 1.29 is 14.3 Å². The van der Waals surface area contributed by atoms with Crippen LogP contribution >= 0.6 is 27.5 Å². The van der Waals surface area contributed by atoms with Crippen LogP contribution in [0.5, 0.6) is 11.5 Å². The van der Waals surface area contributed by atoms with Gasteiger partial charge in [0.05, 0.1) is 22.9 Å². The molecule has 154 valence electrons. The first-order valence-corrected chi connectivity index (χ1v) is 10.3. The highest BCUT2D eigenvalue weighted by molar-refractivity contribution is 9.10. The maximum absolute atomic E-state index is 12.0. The van der Waals surface area contributed by atoms with Gasteiger partial charge in [0.2, 0.25) is 0 Å². The van der Waals surface area contributed by atoms with Crippen LogP contribution in [-0.2, 0) is 6.61 Å². The van der Waals surface area contributed by atoms with Gasteiger partial charge in [-0.25, -0.2) is 5.43 Å². The van der Waals surface area contributed by atoms with E-state index in [1.54, 1.807) is 24.4 Å². The first-order valence-electron chi connectivity index (χ1n) is 9.14. The molecule has 0 fully saturated rings. The summed E-state index contributed by atoms with van der Waals surface area (Å²) in [4.78, 5) is 16.0. The van der Waals surface area contributed by atoms with E-state index in [-0.39, 0.29) is 5.91 Å². The van der Waals surface area contributed by atoms with E-state index in [4.69, 9.17) is 21.1 Å². The van der Waals surface area contributed by atoms with E-state index in [9.17, 15) is 4.79 Å². The fourth-order valence-electron chi connectivity index (χ4n) is 2.53. The van der Waals surface area contributed by atoms with Crippen molar-refractivity contribution in [2.24, 2.45) is 5.10 Å². The van der Waals surface area contributed by atoms with Crippen molar-refractivity contribution in [3.8, 4) is 11.5 Å². The molecule has 1 aromatic heterocycles. The molecule has 3 aromatic rings. The van der Waals surface area contributed by atoms with Gasteiger partial charge in [-0.05, 0) is 70.4 Å². The molecular formula is C22H19BrClN3O3. The fourth-order valence-corrected chi connectivity index (χ4v) is 3.23. The van der Waals surface area contributed by atoms with Crippen LogP contribution in [0.3, 0.4) is 0 Å². The van der Waals surface area contributed by atoms with Crippen molar-refractivity contribution in [2.75, 3.05) is 6.61 Å². The standard InChI is InChI=1S/C22H19BrClN3O3/c1-2-29-20-11-16(12-26-27-22(28)17-4-3-9-25-13-17)10-19(23)21(20)30-14-15-5-7-18(24)8-6-15/h3-13H,2,14H2,1H3,(H,27,28)/b26-12+. The highest BCUT2D eigenvalue weighted by atomic mass is 79.9. The molecule has 0 saturated carbocycles. The molecule has 30 heavy (non-hydrogen) atoms. The number of hydrogen-bond acceptors (Lipinski definition) is 5. The molecule has 0 unspecified atom stereocenters. The second-order valence-electron chi connectivity index (χ2n) is 6.12. The number of ether oxygens (including phenoxy) is 2. The number of hydrazone groups is 1. The third-order valence-corrected chi connectivity index (χ3v) is 4.77. The van der Waals surface area contributed by atoms with Crippen LogP contribution in [0.4, 0.5) is 0 Å². The lowest BCUT2D eigenvalue weighted by atomic mass is 10.2. The van der Waals surface area contributed by atoms with Crippen LogP contribution in [0.25, 0.3) is 0 Å². The summed E-state index contributed by atoms with van der Waals surface area (Å²) in [5, 5.41) is 4.68. The summed E-state index contributed by atoms with van der Waals surface area (Å²) in [5.41, 5.74) is 4.62. The molecule has 0 saturated heterocycles. The monoisotopic (exact) mass is 487 g/mol. The van der Waals surface area contributed by atoms with Gasteiger partial charge < -0.3 is 9.47 Å². The largest absolute Gasteiger partial charge is 0.490 e. The highest BCUT2D eigenvalue weighted by Gasteiger charge is 2.12. The number of carbonyl (C=O) groups is 1. The molecule has 1 heterocycles. The van der Waals surface area contributed by atoms with Crippen LogP contribution in [-0.4, -0.2) is 23.7 Å². The van der Waals surface area contributed by atoms with Crippen molar-refractivity contribution in [1.82, 2.24) is 10.4 Å². The van der Waals surface area contributed by atoms with Gasteiger partial charge in [0.1, 0.15) is 6.61 Å². The Balaban J connectivity index is 1.71. The number of pyridine rings is 1. The van der Waals surface area contributed by atoms with Crippen molar-refractivity contribution in [3.63, 3.8) is 0 Å². The van der Waals surface area contributed by atoms with Gasteiger partial charge in [-0.15, -0.1) is 0 Å². The maximum Gasteiger partial charge on any atom is 0.272 e. The summed E-state index contributed by atoms with van der Waals surface area (Å²) in [6.07, 6.45) is 4.61. The van der Waals surface area contributed by atoms with Gasteiger partial charge in [-0.3, -0.25) is 9.78 Å². The molecule has 1 amide bonds. The van der Waals surface area contributed by atoms with E-state index in [1.165, 1.54) is 12.4 Å². The van der Waals surface area contributed by atoms with Crippen LogP contribution in [0.1, 0.15) is 28.4 Å². The molecule has 0 aliphatic carbocycles. The molecule has 0 bridgehead atoms. The second kappa shape index (κ2) is 10.8. The predicted molar refractivity (Wildman–Crippen MR) is 120 cm³/mol. The van der Waals surface area contributed by atoms with Crippen molar-refractivity contribution in [1.29, 1.82) is 0 Å². The normalized spacial score (nSPS) is 10.8. The minimum absolute atomic E-state index is 0.341. The van der Waals surface area contributed by atoms with Gasteiger partial charge in [0.25, 0.3) is 5.91 Å². The Labute approximate surface area is 188 Å². The van der Waals surface area contributed by atoms with Gasteiger partial charge in [0, 0.05) is 17.4 Å².